The highest BCUT2D eigenvalue weighted by Gasteiger charge is 2.18. The molecule has 0 saturated heterocycles. The third-order valence-corrected chi connectivity index (χ3v) is 4.97. The summed E-state index contributed by atoms with van der Waals surface area (Å²) < 4.78 is 0. The molecule has 3 aromatic carbocycles. The largest absolute Gasteiger partial charge is 0.388 e. The van der Waals surface area contributed by atoms with E-state index in [1.807, 2.05) is 60.7 Å². The molecule has 0 spiro atoms. The average molecular weight is 378 g/mol. The van der Waals surface area contributed by atoms with Crippen LogP contribution in [-0.2, 0) is 0 Å². The molecule has 4 atom stereocenters. The van der Waals surface area contributed by atoms with Crippen LogP contribution in [0.25, 0.3) is 0 Å². The third-order valence-electron chi connectivity index (χ3n) is 4.97. The zero-order chi connectivity index (χ0) is 19.9. The van der Waals surface area contributed by atoms with Crippen LogP contribution < -0.4 is 0 Å². The molecule has 4 heteroatoms. The van der Waals surface area contributed by atoms with Gasteiger partial charge in [-0.15, -0.1) is 0 Å². The molecule has 4 unspecified atom stereocenters. The molecule has 4 N–H and O–H groups in total. The molecule has 146 valence electrons. The van der Waals surface area contributed by atoms with E-state index in [1.165, 1.54) is 0 Å². The minimum atomic E-state index is -0.809. The van der Waals surface area contributed by atoms with Crippen LogP contribution in [0.1, 0.15) is 59.5 Å². The first-order valence-corrected chi connectivity index (χ1v) is 9.46. The lowest BCUT2D eigenvalue weighted by Gasteiger charge is -2.19. The van der Waals surface area contributed by atoms with Gasteiger partial charge in [-0.05, 0) is 22.3 Å². The van der Waals surface area contributed by atoms with Gasteiger partial charge in [0.15, 0.2) is 0 Å². The molecule has 0 bridgehead atoms. The zero-order valence-corrected chi connectivity index (χ0v) is 15.6. The number of benzene rings is 3. The number of hydrogen-bond donors (Lipinski definition) is 4. The Kier molecular flexibility index (Phi) is 6.95. The number of rotatable bonds is 8. The van der Waals surface area contributed by atoms with Crippen molar-refractivity contribution < 1.29 is 20.4 Å². The third kappa shape index (κ3) is 5.27. The van der Waals surface area contributed by atoms with Crippen LogP contribution in [0.4, 0.5) is 0 Å². The lowest BCUT2D eigenvalue weighted by molar-refractivity contribution is 0.0780. The molecular weight excluding hydrogens is 352 g/mol. The summed E-state index contributed by atoms with van der Waals surface area (Å²) in [5, 5.41) is 41.4. The molecule has 0 heterocycles. The molecule has 0 fully saturated rings. The smallest absolute Gasteiger partial charge is 0.0818 e. The molecule has 0 amide bonds. The quantitative estimate of drug-likeness (QED) is 0.478. The van der Waals surface area contributed by atoms with Gasteiger partial charge < -0.3 is 20.4 Å². The molecular formula is C24H26O4. The topological polar surface area (TPSA) is 80.9 Å². The van der Waals surface area contributed by atoms with Crippen molar-refractivity contribution in [3.63, 3.8) is 0 Å². The molecule has 0 aliphatic heterocycles. The summed E-state index contributed by atoms with van der Waals surface area (Å²) >= 11 is 0. The Hall–Kier alpha value is -2.50. The van der Waals surface area contributed by atoms with Crippen molar-refractivity contribution in [1.29, 1.82) is 0 Å². The monoisotopic (exact) mass is 378 g/mol. The van der Waals surface area contributed by atoms with Crippen molar-refractivity contribution in [2.24, 2.45) is 0 Å². The van der Waals surface area contributed by atoms with Crippen LogP contribution >= 0.6 is 0 Å². The SMILES string of the molecule is OC(CC(O)c1ccc(C(O)CC(O)c2ccccc2)cc1)c1ccccc1. The Balaban J connectivity index is 1.59. The van der Waals surface area contributed by atoms with Gasteiger partial charge in [-0.3, -0.25) is 0 Å². The highest BCUT2D eigenvalue weighted by Crippen LogP contribution is 2.29. The van der Waals surface area contributed by atoms with Gasteiger partial charge in [0, 0.05) is 12.8 Å². The summed E-state index contributed by atoms with van der Waals surface area (Å²) in [4.78, 5) is 0. The summed E-state index contributed by atoms with van der Waals surface area (Å²) in [7, 11) is 0. The fourth-order valence-electron chi connectivity index (χ4n) is 3.26. The molecule has 0 saturated carbocycles. The van der Waals surface area contributed by atoms with Crippen molar-refractivity contribution in [3.8, 4) is 0 Å². The predicted molar refractivity (Wildman–Crippen MR) is 108 cm³/mol. The molecule has 0 aliphatic carbocycles. The van der Waals surface area contributed by atoms with Crippen molar-refractivity contribution >= 4 is 0 Å². The van der Waals surface area contributed by atoms with Crippen molar-refractivity contribution in [3.05, 3.63) is 107 Å². The van der Waals surface area contributed by atoms with E-state index >= 15 is 0 Å². The first-order chi connectivity index (χ1) is 13.5. The van der Waals surface area contributed by atoms with Gasteiger partial charge in [0.1, 0.15) is 0 Å². The Morgan fingerprint density at radius 3 is 0.929 bits per heavy atom. The van der Waals surface area contributed by atoms with Gasteiger partial charge >= 0.3 is 0 Å². The first-order valence-electron chi connectivity index (χ1n) is 9.46. The highest BCUT2D eigenvalue weighted by atomic mass is 16.3. The van der Waals surface area contributed by atoms with E-state index < -0.39 is 24.4 Å². The van der Waals surface area contributed by atoms with Crippen molar-refractivity contribution in [2.75, 3.05) is 0 Å². The summed E-state index contributed by atoms with van der Waals surface area (Å²) in [5.74, 6) is 0. The summed E-state index contributed by atoms with van der Waals surface area (Å²) in [6, 6.07) is 25.5. The van der Waals surface area contributed by atoms with E-state index in [2.05, 4.69) is 0 Å². The molecule has 3 rings (SSSR count). The van der Waals surface area contributed by atoms with Crippen LogP contribution in [0, 0.1) is 0 Å². The second kappa shape index (κ2) is 9.62. The maximum Gasteiger partial charge on any atom is 0.0818 e. The normalized spacial score (nSPS) is 15.6. The maximum atomic E-state index is 10.4. The van der Waals surface area contributed by atoms with Crippen LogP contribution in [0.3, 0.4) is 0 Å². The minimum Gasteiger partial charge on any atom is -0.388 e. The number of aliphatic hydroxyl groups is 4. The van der Waals surface area contributed by atoms with Gasteiger partial charge in [-0.1, -0.05) is 84.9 Å². The van der Waals surface area contributed by atoms with E-state index in [-0.39, 0.29) is 12.8 Å². The fourth-order valence-corrected chi connectivity index (χ4v) is 3.26. The first kappa shape index (κ1) is 20.2. The van der Waals surface area contributed by atoms with E-state index in [0.29, 0.717) is 11.1 Å². The summed E-state index contributed by atoms with van der Waals surface area (Å²) in [6.45, 7) is 0. The Morgan fingerprint density at radius 1 is 0.393 bits per heavy atom. The molecule has 28 heavy (non-hydrogen) atoms. The Bertz CT molecular complexity index is 761. The molecule has 0 aliphatic rings. The molecule has 0 radical (unpaired) electrons. The van der Waals surface area contributed by atoms with Crippen LogP contribution in [-0.4, -0.2) is 20.4 Å². The van der Waals surface area contributed by atoms with Gasteiger partial charge in [0.05, 0.1) is 24.4 Å². The van der Waals surface area contributed by atoms with E-state index in [1.54, 1.807) is 24.3 Å². The standard InChI is InChI=1S/C24H26O4/c25-21(17-7-3-1-4-8-17)15-23(27)19-11-13-20(14-12-19)24(28)16-22(26)18-9-5-2-6-10-18/h1-14,21-28H,15-16H2. The average Bonchev–Trinajstić information content (AvgIpc) is 2.75. The Labute approximate surface area is 165 Å². The minimum absolute atomic E-state index is 0.193. The van der Waals surface area contributed by atoms with Crippen LogP contribution in [0.15, 0.2) is 84.9 Å². The van der Waals surface area contributed by atoms with Crippen LogP contribution in [0.2, 0.25) is 0 Å². The summed E-state index contributed by atoms with van der Waals surface area (Å²) in [5.41, 5.74) is 2.89. The van der Waals surface area contributed by atoms with Crippen molar-refractivity contribution in [1.82, 2.24) is 0 Å². The van der Waals surface area contributed by atoms with Crippen molar-refractivity contribution in [2.45, 2.75) is 37.3 Å². The molecule has 0 aromatic heterocycles. The van der Waals surface area contributed by atoms with Crippen LogP contribution in [0.5, 0.6) is 0 Å². The van der Waals surface area contributed by atoms with E-state index in [9.17, 15) is 20.4 Å². The lowest BCUT2D eigenvalue weighted by atomic mass is 9.95. The lowest BCUT2D eigenvalue weighted by Crippen LogP contribution is -2.07. The molecule has 3 aromatic rings. The second-order valence-electron chi connectivity index (χ2n) is 7.02. The van der Waals surface area contributed by atoms with E-state index in [0.717, 1.165) is 11.1 Å². The zero-order valence-electron chi connectivity index (χ0n) is 15.6. The van der Waals surface area contributed by atoms with Gasteiger partial charge in [-0.2, -0.15) is 0 Å². The number of hydrogen-bond acceptors (Lipinski definition) is 4. The summed E-state index contributed by atoms with van der Waals surface area (Å²) in [6.07, 6.45) is -2.73. The van der Waals surface area contributed by atoms with E-state index in [4.69, 9.17) is 0 Å². The van der Waals surface area contributed by atoms with Gasteiger partial charge in [0.2, 0.25) is 0 Å². The van der Waals surface area contributed by atoms with Gasteiger partial charge in [0.25, 0.3) is 0 Å². The predicted octanol–water partition coefficient (Wildman–Crippen LogP) is 4.00. The highest BCUT2D eigenvalue weighted by molar-refractivity contribution is 5.27. The second-order valence-corrected chi connectivity index (χ2v) is 7.02. The molecule has 4 nitrogen and oxygen atoms in total. The fraction of sp³-hybridized carbons (Fsp3) is 0.250. The Morgan fingerprint density at radius 2 is 0.643 bits per heavy atom. The van der Waals surface area contributed by atoms with Gasteiger partial charge in [-0.25, -0.2) is 0 Å². The number of aliphatic hydroxyl groups excluding tert-OH is 4. The maximum absolute atomic E-state index is 10.4.